The van der Waals surface area contributed by atoms with Gasteiger partial charge in [0.05, 0.1) is 19.3 Å². The summed E-state index contributed by atoms with van der Waals surface area (Å²) in [6.07, 6.45) is 16.7. The Morgan fingerprint density at radius 3 is 2.42 bits per heavy atom. The van der Waals surface area contributed by atoms with Gasteiger partial charge in [-0.3, -0.25) is 14.4 Å². The van der Waals surface area contributed by atoms with Crippen molar-refractivity contribution in [2.45, 2.75) is 129 Å². The van der Waals surface area contributed by atoms with Gasteiger partial charge in [0.2, 0.25) is 11.8 Å². The van der Waals surface area contributed by atoms with Crippen LogP contribution in [0.3, 0.4) is 0 Å². The summed E-state index contributed by atoms with van der Waals surface area (Å²) in [5.74, 6) is 0.0160. The molecule has 0 spiro atoms. The predicted octanol–water partition coefficient (Wildman–Crippen LogP) is 6.16. The molecule has 3 fully saturated rings. The Kier molecular flexibility index (Phi) is 11.1. The molecule has 0 radical (unpaired) electrons. The summed E-state index contributed by atoms with van der Waals surface area (Å²) in [7, 11) is 1.44. The fourth-order valence-electron chi connectivity index (χ4n) is 7.28. The number of nitrogens with zero attached hydrogens (tertiary/aromatic N) is 1. The van der Waals surface area contributed by atoms with Crippen molar-refractivity contribution >= 4 is 17.8 Å². The zero-order valence-corrected chi connectivity index (χ0v) is 25.6. The number of likely N-dealkylation sites (tertiary alicyclic amines) is 1. The minimum atomic E-state index is -1.05. The lowest BCUT2D eigenvalue weighted by Crippen LogP contribution is -2.62. The molecule has 226 valence electrons. The normalized spacial score (nSPS) is 29.2. The lowest BCUT2D eigenvalue weighted by Gasteiger charge is -2.53. The summed E-state index contributed by atoms with van der Waals surface area (Å²) in [6, 6.07) is 0. The largest absolute Gasteiger partial charge is 0.468 e. The zero-order chi connectivity index (χ0) is 28.7. The van der Waals surface area contributed by atoms with Gasteiger partial charge in [-0.15, -0.1) is 0 Å². The van der Waals surface area contributed by atoms with Gasteiger partial charge in [0, 0.05) is 31.1 Å². The number of piperidine rings is 1. The van der Waals surface area contributed by atoms with Crippen LogP contribution in [-0.2, 0) is 23.9 Å². The van der Waals surface area contributed by atoms with Crippen LogP contribution in [0.15, 0.2) is 11.8 Å². The first-order valence-electron chi connectivity index (χ1n) is 16.4. The Morgan fingerprint density at radius 2 is 1.77 bits per heavy atom. The van der Waals surface area contributed by atoms with E-state index in [1.54, 1.807) is 0 Å². The standard InChI is InChI=1S/C33H54N2O5/c1-5-6-7-8-9-13-18-35-28-20-27(23(2)3)40-30(25-16-17-25)33(28,32(38)39-4)21-26(31(35)37)19-29(36)34-22-24-14-11-10-12-15-24/h20,23-27,30H,5-19,21-22H2,1-4H3,(H,34,36)/t26-,27+,30+,33+/m0/s1. The molecule has 1 saturated heterocycles. The highest BCUT2D eigenvalue weighted by molar-refractivity contribution is 5.92. The third-order valence-electron chi connectivity index (χ3n) is 9.78. The maximum atomic E-state index is 14.1. The number of carbonyl (C=O) groups is 3. The molecule has 0 aromatic carbocycles. The average Bonchev–Trinajstić information content (AvgIpc) is 3.80. The minimum Gasteiger partial charge on any atom is -0.468 e. The molecule has 7 heteroatoms. The highest BCUT2D eigenvalue weighted by atomic mass is 16.5. The van der Waals surface area contributed by atoms with Gasteiger partial charge in [-0.05, 0) is 62.4 Å². The van der Waals surface area contributed by atoms with E-state index in [0.29, 0.717) is 19.0 Å². The van der Waals surface area contributed by atoms with Gasteiger partial charge < -0.3 is 19.7 Å². The lowest BCUT2D eigenvalue weighted by atomic mass is 9.64. The summed E-state index contributed by atoms with van der Waals surface area (Å²) in [5, 5.41) is 3.13. The molecular weight excluding hydrogens is 504 g/mol. The lowest BCUT2D eigenvalue weighted by molar-refractivity contribution is -0.182. The van der Waals surface area contributed by atoms with Crippen molar-refractivity contribution in [1.82, 2.24) is 10.2 Å². The van der Waals surface area contributed by atoms with Crippen molar-refractivity contribution in [2.24, 2.45) is 29.1 Å². The van der Waals surface area contributed by atoms with E-state index in [1.807, 2.05) is 11.0 Å². The Balaban J connectivity index is 1.59. The van der Waals surface area contributed by atoms with Crippen molar-refractivity contribution in [3.63, 3.8) is 0 Å². The van der Waals surface area contributed by atoms with E-state index in [0.717, 1.165) is 50.6 Å². The molecule has 2 saturated carbocycles. The molecule has 2 aliphatic carbocycles. The van der Waals surface area contributed by atoms with Gasteiger partial charge >= 0.3 is 5.97 Å². The number of hydrogen-bond acceptors (Lipinski definition) is 5. The molecule has 4 atom stereocenters. The van der Waals surface area contributed by atoms with E-state index in [9.17, 15) is 14.4 Å². The molecule has 2 aliphatic heterocycles. The Hall–Kier alpha value is -1.89. The maximum Gasteiger partial charge on any atom is 0.320 e. The molecule has 2 amide bonds. The second-order valence-electron chi connectivity index (χ2n) is 13.3. The van der Waals surface area contributed by atoms with Crippen LogP contribution in [0.4, 0.5) is 0 Å². The van der Waals surface area contributed by atoms with Gasteiger partial charge in [0.25, 0.3) is 0 Å². The van der Waals surface area contributed by atoms with Crippen LogP contribution < -0.4 is 5.32 Å². The Morgan fingerprint density at radius 1 is 1.07 bits per heavy atom. The van der Waals surface area contributed by atoms with Crippen LogP contribution in [0.5, 0.6) is 0 Å². The molecule has 40 heavy (non-hydrogen) atoms. The predicted molar refractivity (Wildman–Crippen MR) is 156 cm³/mol. The number of amides is 2. The summed E-state index contributed by atoms with van der Waals surface area (Å²) < 4.78 is 12.2. The smallest absolute Gasteiger partial charge is 0.320 e. The first-order valence-corrected chi connectivity index (χ1v) is 16.4. The second kappa shape index (κ2) is 14.3. The highest BCUT2D eigenvalue weighted by Gasteiger charge is 2.63. The summed E-state index contributed by atoms with van der Waals surface area (Å²) in [4.78, 5) is 43.0. The van der Waals surface area contributed by atoms with Crippen LogP contribution in [-0.4, -0.2) is 55.1 Å². The first kappa shape index (κ1) is 31.1. The average molecular weight is 559 g/mol. The van der Waals surface area contributed by atoms with Gasteiger partial charge in [0.15, 0.2) is 0 Å². The number of nitrogens with one attached hydrogen (secondary N) is 1. The Bertz CT molecular complexity index is 907. The fourth-order valence-corrected chi connectivity index (χ4v) is 7.28. The van der Waals surface area contributed by atoms with Gasteiger partial charge in [-0.25, -0.2) is 0 Å². The van der Waals surface area contributed by atoms with E-state index < -0.39 is 11.3 Å². The SMILES string of the molecule is CCCCCCCCN1C(=O)[C@@H](CC(=O)NCC2CCCCC2)C[C@@]2(C(=O)OC)C1=C[C@H](C(C)C)O[C@@H]2C1CC1. The fraction of sp³-hybridized carbons (Fsp3) is 0.848. The van der Waals surface area contributed by atoms with E-state index in [4.69, 9.17) is 9.47 Å². The van der Waals surface area contributed by atoms with Crippen LogP contribution in [0.1, 0.15) is 117 Å². The number of unbranched alkanes of at least 4 members (excludes halogenated alkanes) is 5. The van der Waals surface area contributed by atoms with Gasteiger partial charge in [-0.2, -0.15) is 0 Å². The van der Waals surface area contributed by atoms with Crippen molar-refractivity contribution in [3.05, 3.63) is 11.8 Å². The van der Waals surface area contributed by atoms with E-state index in [-0.39, 0.29) is 54.7 Å². The van der Waals surface area contributed by atoms with Crippen molar-refractivity contribution < 1.29 is 23.9 Å². The van der Waals surface area contributed by atoms with E-state index in [2.05, 4.69) is 26.1 Å². The van der Waals surface area contributed by atoms with Gasteiger partial charge in [-0.1, -0.05) is 72.1 Å². The minimum absolute atomic E-state index is 0.0221. The number of esters is 1. The monoisotopic (exact) mass is 558 g/mol. The van der Waals surface area contributed by atoms with Crippen LogP contribution in [0, 0.1) is 29.1 Å². The Labute approximate surface area is 242 Å². The molecular formula is C33H54N2O5. The topological polar surface area (TPSA) is 84.9 Å². The number of fused-ring (bicyclic) bond motifs is 1. The molecule has 7 nitrogen and oxygen atoms in total. The van der Waals surface area contributed by atoms with Crippen LogP contribution in [0.25, 0.3) is 0 Å². The molecule has 2 heterocycles. The molecule has 0 aromatic rings. The molecule has 0 bridgehead atoms. The molecule has 0 unspecified atom stereocenters. The maximum absolute atomic E-state index is 14.1. The second-order valence-corrected chi connectivity index (χ2v) is 13.3. The quantitative estimate of drug-likeness (QED) is 0.204. The summed E-state index contributed by atoms with van der Waals surface area (Å²) >= 11 is 0. The third-order valence-corrected chi connectivity index (χ3v) is 9.78. The number of hydrogen-bond donors (Lipinski definition) is 1. The van der Waals surface area contributed by atoms with Crippen LogP contribution in [0.2, 0.25) is 0 Å². The zero-order valence-electron chi connectivity index (χ0n) is 25.6. The van der Waals surface area contributed by atoms with E-state index >= 15 is 0 Å². The van der Waals surface area contributed by atoms with E-state index in [1.165, 1.54) is 45.6 Å². The molecule has 4 aliphatic rings. The molecule has 4 rings (SSSR count). The first-order chi connectivity index (χ1) is 19.3. The third kappa shape index (κ3) is 7.11. The molecule has 0 aromatic heterocycles. The van der Waals surface area contributed by atoms with Gasteiger partial charge in [0.1, 0.15) is 5.41 Å². The van der Waals surface area contributed by atoms with Crippen molar-refractivity contribution in [1.29, 1.82) is 0 Å². The van der Waals surface area contributed by atoms with Crippen LogP contribution >= 0.6 is 0 Å². The number of methoxy groups -OCH3 is 1. The molecule has 1 N–H and O–H groups in total. The van der Waals surface area contributed by atoms with Crippen molar-refractivity contribution in [3.8, 4) is 0 Å². The number of ether oxygens (including phenoxy) is 2. The summed E-state index contributed by atoms with van der Waals surface area (Å²) in [6.45, 7) is 7.71. The number of rotatable bonds is 14. The highest BCUT2D eigenvalue weighted by Crippen LogP contribution is 2.56. The summed E-state index contributed by atoms with van der Waals surface area (Å²) in [5.41, 5.74) is -0.273. The number of carbonyl (C=O) groups excluding carboxylic acids is 3. The van der Waals surface area contributed by atoms with Crippen molar-refractivity contribution in [2.75, 3.05) is 20.2 Å².